The summed E-state index contributed by atoms with van der Waals surface area (Å²) in [6, 6.07) is 6.64. The molecule has 0 bridgehead atoms. The molecule has 0 aliphatic heterocycles. The van der Waals surface area contributed by atoms with Crippen molar-refractivity contribution in [2.75, 3.05) is 20.2 Å². The predicted octanol–water partition coefficient (Wildman–Crippen LogP) is 1.82. The predicted molar refractivity (Wildman–Crippen MR) is 76.9 cm³/mol. The highest BCUT2D eigenvalue weighted by Crippen LogP contribution is 2.16. The van der Waals surface area contributed by atoms with E-state index in [1.807, 2.05) is 13.8 Å². The molecular weight excluding hydrogens is 278 g/mol. The molecule has 1 rings (SSSR count). The number of esters is 1. The summed E-state index contributed by atoms with van der Waals surface area (Å²) in [5.41, 5.74) is 0.911. The normalized spacial score (nSPS) is 11.6. The molecule has 0 amide bonds. The van der Waals surface area contributed by atoms with Crippen molar-refractivity contribution in [3.05, 3.63) is 29.8 Å². The number of carbonyl (C=O) groups excluding carboxylic acids is 1. The van der Waals surface area contributed by atoms with Gasteiger partial charge in [0, 0.05) is 19.5 Å². The first-order chi connectivity index (χ1) is 9.45. The number of carbonyl (C=O) groups is 1. The number of benzene rings is 1. The van der Waals surface area contributed by atoms with Crippen LogP contribution in [0.5, 0.6) is 0 Å². The van der Waals surface area contributed by atoms with Crippen molar-refractivity contribution in [2.24, 2.45) is 0 Å². The standard InChI is InChI=1S/C14H21NO4S/c1-4-15(5-2)20(17,18)13-9-6-12(7-10-13)8-11-14(16)19-3/h6-7,9-10H,4-5,8,11H2,1-3H3. The van der Waals surface area contributed by atoms with Crippen molar-refractivity contribution in [3.63, 3.8) is 0 Å². The first kappa shape index (κ1) is 16.7. The summed E-state index contributed by atoms with van der Waals surface area (Å²) in [4.78, 5) is 11.3. The fraction of sp³-hybridized carbons (Fsp3) is 0.500. The van der Waals surface area contributed by atoms with E-state index in [2.05, 4.69) is 4.74 Å². The van der Waals surface area contributed by atoms with Crippen LogP contribution in [0.3, 0.4) is 0 Å². The van der Waals surface area contributed by atoms with Gasteiger partial charge in [-0.3, -0.25) is 4.79 Å². The highest BCUT2D eigenvalue weighted by atomic mass is 32.2. The molecule has 0 atom stereocenters. The molecule has 112 valence electrons. The molecule has 0 heterocycles. The monoisotopic (exact) mass is 299 g/mol. The van der Waals surface area contributed by atoms with Crippen LogP contribution in [0.15, 0.2) is 29.2 Å². The first-order valence-corrected chi connectivity index (χ1v) is 8.05. The Hall–Kier alpha value is -1.40. The van der Waals surface area contributed by atoms with Gasteiger partial charge in [-0.15, -0.1) is 0 Å². The quantitative estimate of drug-likeness (QED) is 0.721. The van der Waals surface area contributed by atoms with Crippen molar-refractivity contribution in [2.45, 2.75) is 31.6 Å². The molecule has 0 saturated heterocycles. The summed E-state index contributed by atoms with van der Waals surface area (Å²) in [5, 5.41) is 0. The van der Waals surface area contributed by atoms with Crippen molar-refractivity contribution in [3.8, 4) is 0 Å². The summed E-state index contributed by atoms with van der Waals surface area (Å²) in [5.74, 6) is -0.273. The lowest BCUT2D eigenvalue weighted by Crippen LogP contribution is -2.30. The Kier molecular flexibility index (Phi) is 6.16. The van der Waals surface area contributed by atoms with Crippen molar-refractivity contribution < 1.29 is 17.9 Å². The maximum absolute atomic E-state index is 12.3. The van der Waals surface area contributed by atoms with Gasteiger partial charge in [-0.25, -0.2) is 8.42 Å². The van der Waals surface area contributed by atoms with Gasteiger partial charge < -0.3 is 4.74 Å². The lowest BCUT2D eigenvalue weighted by Gasteiger charge is -2.18. The van der Waals surface area contributed by atoms with Crippen molar-refractivity contribution in [1.29, 1.82) is 0 Å². The second-order valence-corrected chi connectivity index (χ2v) is 6.25. The van der Waals surface area contributed by atoms with Crippen LogP contribution >= 0.6 is 0 Å². The zero-order valence-corrected chi connectivity index (χ0v) is 12.9. The van der Waals surface area contributed by atoms with Gasteiger partial charge in [-0.05, 0) is 24.1 Å². The molecule has 0 aliphatic carbocycles. The van der Waals surface area contributed by atoms with E-state index >= 15 is 0 Å². The smallest absolute Gasteiger partial charge is 0.305 e. The zero-order chi connectivity index (χ0) is 15.2. The average molecular weight is 299 g/mol. The van der Waals surface area contributed by atoms with Crippen LogP contribution in [-0.2, 0) is 26.0 Å². The molecule has 6 heteroatoms. The molecule has 0 radical (unpaired) electrons. The Labute approximate surface area is 120 Å². The van der Waals surface area contributed by atoms with Gasteiger partial charge in [0.25, 0.3) is 0 Å². The first-order valence-electron chi connectivity index (χ1n) is 6.61. The second-order valence-electron chi connectivity index (χ2n) is 4.31. The minimum atomic E-state index is -3.41. The van der Waals surface area contributed by atoms with Crippen LogP contribution in [0.25, 0.3) is 0 Å². The fourth-order valence-electron chi connectivity index (χ4n) is 1.89. The van der Waals surface area contributed by atoms with Crippen LogP contribution in [0.4, 0.5) is 0 Å². The number of sulfonamides is 1. The summed E-state index contributed by atoms with van der Waals surface area (Å²) in [6.45, 7) is 4.52. The average Bonchev–Trinajstić information content (AvgIpc) is 2.46. The molecule has 0 saturated carbocycles. The van der Waals surface area contributed by atoms with Gasteiger partial charge in [0.05, 0.1) is 12.0 Å². The number of aryl methyl sites for hydroxylation is 1. The minimum absolute atomic E-state index is 0.273. The van der Waals surface area contributed by atoms with Crippen molar-refractivity contribution in [1.82, 2.24) is 4.31 Å². The molecule has 20 heavy (non-hydrogen) atoms. The van der Waals surface area contributed by atoms with Crippen LogP contribution in [0.1, 0.15) is 25.8 Å². The van der Waals surface area contributed by atoms with Crippen LogP contribution < -0.4 is 0 Å². The molecular formula is C14H21NO4S. The number of hydrogen-bond acceptors (Lipinski definition) is 4. The highest BCUT2D eigenvalue weighted by molar-refractivity contribution is 7.89. The lowest BCUT2D eigenvalue weighted by molar-refractivity contribution is -0.140. The summed E-state index contributed by atoms with van der Waals surface area (Å²) in [6.07, 6.45) is 0.830. The van der Waals surface area contributed by atoms with Crippen LogP contribution in [0, 0.1) is 0 Å². The van der Waals surface area contributed by atoms with Gasteiger partial charge in [-0.1, -0.05) is 26.0 Å². The van der Waals surface area contributed by atoms with Gasteiger partial charge in [0.1, 0.15) is 0 Å². The maximum atomic E-state index is 12.3. The van der Waals surface area contributed by atoms with E-state index in [-0.39, 0.29) is 10.9 Å². The molecule has 0 aromatic heterocycles. The van der Waals surface area contributed by atoms with Gasteiger partial charge in [0.2, 0.25) is 10.0 Å². The van der Waals surface area contributed by atoms with E-state index in [1.54, 1.807) is 24.3 Å². The topological polar surface area (TPSA) is 63.7 Å². The van der Waals surface area contributed by atoms with E-state index in [4.69, 9.17) is 0 Å². The van der Waals surface area contributed by atoms with E-state index in [0.29, 0.717) is 25.9 Å². The molecule has 0 unspecified atom stereocenters. The number of ether oxygens (including phenoxy) is 1. The molecule has 1 aromatic rings. The minimum Gasteiger partial charge on any atom is -0.469 e. The van der Waals surface area contributed by atoms with E-state index in [0.717, 1.165) is 5.56 Å². The summed E-state index contributed by atoms with van der Waals surface area (Å²) < 4.78 is 30.5. The van der Waals surface area contributed by atoms with E-state index < -0.39 is 10.0 Å². The van der Waals surface area contributed by atoms with Gasteiger partial charge >= 0.3 is 5.97 Å². The third-order valence-corrected chi connectivity index (χ3v) is 5.18. The summed E-state index contributed by atoms with van der Waals surface area (Å²) in [7, 11) is -2.06. The van der Waals surface area contributed by atoms with Crippen LogP contribution in [0.2, 0.25) is 0 Å². The third kappa shape index (κ3) is 4.05. The Morgan fingerprint density at radius 3 is 2.15 bits per heavy atom. The molecule has 5 nitrogen and oxygen atoms in total. The SMILES string of the molecule is CCN(CC)S(=O)(=O)c1ccc(CCC(=O)OC)cc1. The zero-order valence-electron chi connectivity index (χ0n) is 12.1. The Bertz CT molecular complexity index is 533. The second kappa shape index (κ2) is 7.40. The van der Waals surface area contributed by atoms with Gasteiger partial charge in [0.15, 0.2) is 0 Å². The molecule has 0 N–H and O–H groups in total. The number of nitrogens with zero attached hydrogens (tertiary/aromatic N) is 1. The molecule has 0 aliphatic rings. The molecule has 0 fully saturated rings. The Balaban J connectivity index is 2.83. The molecule has 0 spiro atoms. The van der Waals surface area contributed by atoms with Crippen LogP contribution in [-0.4, -0.2) is 38.9 Å². The van der Waals surface area contributed by atoms with Gasteiger partial charge in [-0.2, -0.15) is 4.31 Å². The maximum Gasteiger partial charge on any atom is 0.305 e. The molecule has 1 aromatic carbocycles. The number of rotatable bonds is 7. The highest BCUT2D eigenvalue weighted by Gasteiger charge is 2.21. The Morgan fingerprint density at radius 2 is 1.70 bits per heavy atom. The number of methoxy groups -OCH3 is 1. The largest absolute Gasteiger partial charge is 0.469 e. The fourth-order valence-corrected chi connectivity index (χ4v) is 3.35. The summed E-state index contributed by atoms with van der Waals surface area (Å²) >= 11 is 0. The van der Waals surface area contributed by atoms with E-state index in [1.165, 1.54) is 11.4 Å². The van der Waals surface area contributed by atoms with E-state index in [9.17, 15) is 13.2 Å². The lowest BCUT2D eigenvalue weighted by atomic mass is 10.1. The number of hydrogen-bond donors (Lipinski definition) is 0. The Morgan fingerprint density at radius 1 is 1.15 bits per heavy atom. The van der Waals surface area contributed by atoms with Crippen molar-refractivity contribution >= 4 is 16.0 Å². The third-order valence-electron chi connectivity index (χ3n) is 3.11.